The van der Waals surface area contributed by atoms with Gasteiger partial charge in [0.1, 0.15) is 0 Å². The Bertz CT molecular complexity index is 356. The van der Waals surface area contributed by atoms with Crippen molar-refractivity contribution in [2.24, 2.45) is 24.2 Å². The van der Waals surface area contributed by atoms with Crippen LogP contribution in [-0.4, -0.2) is 15.8 Å². The van der Waals surface area contributed by atoms with Gasteiger partial charge in [-0.05, 0) is 36.2 Å². The van der Waals surface area contributed by atoms with E-state index in [9.17, 15) is 0 Å². The average Bonchev–Trinajstić information content (AvgIpc) is 2.66. The quantitative estimate of drug-likeness (QED) is 0.582. The molecule has 0 amide bonds. The fourth-order valence-corrected chi connectivity index (χ4v) is 2.52. The van der Waals surface area contributed by atoms with Crippen LogP contribution in [0.1, 0.15) is 32.3 Å². The zero-order valence-corrected chi connectivity index (χ0v) is 10.4. The molecule has 0 saturated heterocycles. The van der Waals surface area contributed by atoms with Crippen LogP contribution >= 0.6 is 0 Å². The largest absolute Gasteiger partial charge is 0.276 e. The van der Waals surface area contributed by atoms with Crippen molar-refractivity contribution in [2.75, 3.05) is 0 Å². The first kappa shape index (κ1) is 11.6. The van der Waals surface area contributed by atoms with Crippen molar-refractivity contribution in [3.8, 4) is 0 Å². The van der Waals surface area contributed by atoms with Gasteiger partial charge in [0.15, 0.2) is 0 Å². The molecular formula is C12H22N4. The lowest BCUT2D eigenvalue weighted by Gasteiger charge is -2.17. The van der Waals surface area contributed by atoms with Crippen molar-refractivity contribution >= 4 is 0 Å². The lowest BCUT2D eigenvalue weighted by molar-refractivity contribution is 0.391. The van der Waals surface area contributed by atoms with E-state index < -0.39 is 0 Å². The van der Waals surface area contributed by atoms with Crippen molar-refractivity contribution in [2.45, 2.75) is 39.2 Å². The van der Waals surface area contributed by atoms with Gasteiger partial charge in [0.2, 0.25) is 0 Å². The predicted molar refractivity (Wildman–Crippen MR) is 64.5 cm³/mol. The Morgan fingerprint density at radius 2 is 2.38 bits per heavy atom. The summed E-state index contributed by atoms with van der Waals surface area (Å²) >= 11 is 0. The molecule has 1 aromatic heterocycles. The van der Waals surface area contributed by atoms with E-state index in [2.05, 4.69) is 30.6 Å². The maximum atomic E-state index is 5.63. The standard InChI is InChI=1S/C12H22N4/c1-12(2)6-10(12)11(15-13)5-4-9-7-14-16(3)8-9/h7-8,10-11,15H,4-6,13H2,1-3H3. The summed E-state index contributed by atoms with van der Waals surface area (Å²) in [7, 11) is 1.95. The fourth-order valence-electron chi connectivity index (χ4n) is 2.52. The molecule has 2 atom stereocenters. The van der Waals surface area contributed by atoms with E-state index in [0.717, 1.165) is 18.8 Å². The maximum absolute atomic E-state index is 5.63. The summed E-state index contributed by atoms with van der Waals surface area (Å²) in [6, 6.07) is 0.440. The fraction of sp³-hybridized carbons (Fsp3) is 0.750. The highest BCUT2D eigenvalue weighted by Crippen LogP contribution is 2.54. The van der Waals surface area contributed by atoms with Gasteiger partial charge < -0.3 is 0 Å². The second kappa shape index (κ2) is 4.18. The van der Waals surface area contributed by atoms with Gasteiger partial charge in [0.05, 0.1) is 6.20 Å². The highest BCUT2D eigenvalue weighted by molar-refractivity contribution is 5.06. The summed E-state index contributed by atoms with van der Waals surface area (Å²) in [5, 5.41) is 4.17. The molecule has 16 heavy (non-hydrogen) atoms. The Kier molecular flexibility index (Phi) is 3.04. The molecule has 3 N–H and O–H groups in total. The molecule has 1 aromatic rings. The summed E-state index contributed by atoms with van der Waals surface area (Å²) < 4.78 is 1.85. The summed E-state index contributed by atoms with van der Waals surface area (Å²) in [4.78, 5) is 0. The lowest BCUT2D eigenvalue weighted by Crippen LogP contribution is -2.38. The molecule has 90 valence electrons. The number of nitrogens with one attached hydrogen (secondary N) is 1. The number of nitrogens with zero attached hydrogens (tertiary/aromatic N) is 2. The van der Waals surface area contributed by atoms with Gasteiger partial charge in [0, 0.05) is 19.3 Å². The highest BCUT2D eigenvalue weighted by atomic mass is 15.2. The number of nitrogens with two attached hydrogens (primary N) is 1. The van der Waals surface area contributed by atoms with Crippen LogP contribution in [0.2, 0.25) is 0 Å². The molecule has 4 heteroatoms. The van der Waals surface area contributed by atoms with E-state index in [1.165, 1.54) is 12.0 Å². The van der Waals surface area contributed by atoms with Gasteiger partial charge in [-0.2, -0.15) is 5.10 Å². The number of hydrogen-bond donors (Lipinski definition) is 2. The van der Waals surface area contributed by atoms with Crippen LogP contribution in [0.3, 0.4) is 0 Å². The van der Waals surface area contributed by atoms with Gasteiger partial charge in [-0.1, -0.05) is 13.8 Å². The number of hydrogen-bond acceptors (Lipinski definition) is 3. The van der Waals surface area contributed by atoms with E-state index in [1.54, 1.807) is 0 Å². The molecule has 2 rings (SSSR count). The highest BCUT2D eigenvalue weighted by Gasteiger charge is 2.49. The minimum atomic E-state index is 0.440. The van der Waals surface area contributed by atoms with Crippen molar-refractivity contribution < 1.29 is 0 Å². The molecule has 1 aliphatic carbocycles. The number of aryl methyl sites for hydroxylation is 2. The average molecular weight is 222 g/mol. The Hall–Kier alpha value is -0.870. The number of rotatable bonds is 5. The van der Waals surface area contributed by atoms with E-state index in [4.69, 9.17) is 5.84 Å². The molecular weight excluding hydrogens is 200 g/mol. The van der Waals surface area contributed by atoms with Crippen molar-refractivity contribution in [3.05, 3.63) is 18.0 Å². The Morgan fingerprint density at radius 3 is 2.81 bits per heavy atom. The zero-order chi connectivity index (χ0) is 11.8. The van der Waals surface area contributed by atoms with Crippen LogP contribution in [-0.2, 0) is 13.5 Å². The van der Waals surface area contributed by atoms with Crippen molar-refractivity contribution in [1.82, 2.24) is 15.2 Å². The van der Waals surface area contributed by atoms with Crippen LogP contribution < -0.4 is 11.3 Å². The van der Waals surface area contributed by atoms with Crippen molar-refractivity contribution in [3.63, 3.8) is 0 Å². The second-order valence-electron chi connectivity index (χ2n) is 5.63. The van der Waals surface area contributed by atoms with Crippen molar-refractivity contribution in [1.29, 1.82) is 0 Å². The smallest absolute Gasteiger partial charge is 0.0521 e. The van der Waals surface area contributed by atoms with E-state index in [-0.39, 0.29) is 0 Å². The van der Waals surface area contributed by atoms with Gasteiger partial charge in [-0.25, -0.2) is 0 Å². The van der Waals surface area contributed by atoms with Gasteiger partial charge in [0.25, 0.3) is 0 Å². The van der Waals surface area contributed by atoms with E-state index in [0.29, 0.717) is 11.5 Å². The summed E-state index contributed by atoms with van der Waals surface area (Å²) in [5.74, 6) is 6.36. The molecule has 1 aliphatic rings. The molecule has 0 aromatic carbocycles. The molecule has 0 spiro atoms. The van der Waals surface area contributed by atoms with Crippen LogP contribution in [0.25, 0.3) is 0 Å². The molecule has 2 unspecified atom stereocenters. The Labute approximate surface area is 97.2 Å². The maximum Gasteiger partial charge on any atom is 0.0521 e. The summed E-state index contributed by atoms with van der Waals surface area (Å²) in [6.45, 7) is 4.62. The summed E-state index contributed by atoms with van der Waals surface area (Å²) in [5.41, 5.74) is 4.74. The van der Waals surface area contributed by atoms with Crippen LogP contribution in [0.15, 0.2) is 12.4 Å². The third-order valence-electron chi connectivity index (χ3n) is 3.79. The van der Waals surface area contributed by atoms with Gasteiger partial charge in [-0.15, -0.1) is 0 Å². The Morgan fingerprint density at radius 1 is 1.69 bits per heavy atom. The van der Waals surface area contributed by atoms with Crippen LogP contribution in [0.5, 0.6) is 0 Å². The van der Waals surface area contributed by atoms with Crippen LogP contribution in [0, 0.1) is 11.3 Å². The first-order valence-corrected chi connectivity index (χ1v) is 5.96. The van der Waals surface area contributed by atoms with Gasteiger partial charge >= 0.3 is 0 Å². The minimum absolute atomic E-state index is 0.440. The normalized spacial score (nSPS) is 24.4. The van der Waals surface area contributed by atoms with Crippen LogP contribution in [0.4, 0.5) is 0 Å². The summed E-state index contributed by atoms with van der Waals surface area (Å²) in [6.07, 6.45) is 7.44. The topological polar surface area (TPSA) is 55.9 Å². The minimum Gasteiger partial charge on any atom is -0.276 e. The molecule has 1 saturated carbocycles. The Balaban J connectivity index is 1.84. The third kappa shape index (κ3) is 2.44. The number of hydrazine groups is 1. The molecule has 1 fully saturated rings. The monoisotopic (exact) mass is 222 g/mol. The first-order valence-electron chi connectivity index (χ1n) is 5.96. The van der Waals surface area contributed by atoms with E-state index in [1.807, 2.05) is 17.9 Å². The third-order valence-corrected chi connectivity index (χ3v) is 3.79. The lowest BCUT2D eigenvalue weighted by atomic mass is 9.99. The SMILES string of the molecule is Cn1cc(CCC(NN)C2CC2(C)C)cn1. The molecule has 4 nitrogen and oxygen atoms in total. The van der Waals surface area contributed by atoms with E-state index >= 15 is 0 Å². The molecule has 0 bridgehead atoms. The van der Waals surface area contributed by atoms with Gasteiger partial charge in [-0.3, -0.25) is 16.0 Å². The predicted octanol–water partition coefficient (Wildman–Crippen LogP) is 1.23. The molecule has 1 heterocycles. The number of aromatic nitrogens is 2. The molecule has 0 aliphatic heterocycles. The second-order valence-corrected chi connectivity index (χ2v) is 5.63. The molecule has 0 radical (unpaired) electrons. The first-order chi connectivity index (χ1) is 7.53. The zero-order valence-electron chi connectivity index (χ0n) is 10.4.